The summed E-state index contributed by atoms with van der Waals surface area (Å²) in [6, 6.07) is 0. The van der Waals surface area contributed by atoms with E-state index in [9.17, 15) is 28.8 Å². The van der Waals surface area contributed by atoms with E-state index in [1.165, 1.54) is 33.1 Å². The zero-order valence-electron chi connectivity index (χ0n) is 36.1. The van der Waals surface area contributed by atoms with Gasteiger partial charge in [0.1, 0.15) is 25.1 Å². The van der Waals surface area contributed by atoms with Crippen LogP contribution in [0.15, 0.2) is 0 Å². The molecule has 4 aliphatic rings. The number of Topliss-reactive ketones (excluding diaryl/α,β-unsaturated/α-hetero) is 1. The second-order valence-electron chi connectivity index (χ2n) is 18.5. The summed E-state index contributed by atoms with van der Waals surface area (Å²) >= 11 is 0. The lowest BCUT2D eigenvalue weighted by Gasteiger charge is -2.61. The summed E-state index contributed by atoms with van der Waals surface area (Å²) in [5.41, 5.74) is 0.383. The van der Waals surface area contributed by atoms with Crippen LogP contribution >= 0.6 is 0 Å². The first-order valence-electron chi connectivity index (χ1n) is 22.0. The van der Waals surface area contributed by atoms with E-state index in [1.807, 2.05) is 6.92 Å². The van der Waals surface area contributed by atoms with Gasteiger partial charge in [-0.1, -0.05) is 66.2 Å². The molecule has 0 aromatic heterocycles. The van der Waals surface area contributed by atoms with Gasteiger partial charge in [0.05, 0.1) is 11.8 Å². The van der Waals surface area contributed by atoms with Crippen molar-refractivity contribution in [3.8, 4) is 0 Å². The first-order valence-corrected chi connectivity index (χ1v) is 22.0. The second-order valence-corrected chi connectivity index (χ2v) is 18.5. The number of carbonyl (C=O) groups excluding carboxylic acids is 6. The summed E-state index contributed by atoms with van der Waals surface area (Å²) in [5, 5.41) is 0. The van der Waals surface area contributed by atoms with Gasteiger partial charge >= 0.3 is 30.0 Å². The van der Waals surface area contributed by atoms with Crippen molar-refractivity contribution in [3.63, 3.8) is 0 Å². The van der Waals surface area contributed by atoms with Crippen LogP contribution in [-0.2, 0) is 52.4 Å². The van der Waals surface area contributed by atoms with Gasteiger partial charge in [-0.25, -0.2) is 4.79 Å². The maximum Gasteiger partial charge on any atom is 0.511 e. The number of hydrogen-bond acceptors (Lipinski definition) is 12. The minimum Gasteiger partial charge on any atom is -0.462 e. The number of carbonyl (C=O) groups is 6. The Balaban J connectivity index is 1.06. The van der Waals surface area contributed by atoms with E-state index < -0.39 is 42.4 Å². The Morgan fingerprint density at radius 3 is 1.74 bits per heavy atom. The van der Waals surface area contributed by atoms with E-state index in [-0.39, 0.29) is 47.9 Å². The lowest BCUT2D eigenvalue weighted by molar-refractivity contribution is -0.175. The molecule has 4 fully saturated rings. The molecule has 324 valence electrons. The fourth-order valence-corrected chi connectivity index (χ4v) is 11.3. The van der Waals surface area contributed by atoms with Gasteiger partial charge in [0.15, 0.2) is 6.10 Å². The Labute approximate surface area is 340 Å². The highest BCUT2D eigenvalue weighted by atomic mass is 16.8. The van der Waals surface area contributed by atoms with Gasteiger partial charge in [-0.05, 0) is 112 Å². The van der Waals surface area contributed by atoms with E-state index in [4.69, 9.17) is 28.4 Å². The number of ketones is 1. The van der Waals surface area contributed by atoms with Crippen molar-refractivity contribution in [1.29, 1.82) is 0 Å². The van der Waals surface area contributed by atoms with Crippen molar-refractivity contribution in [2.24, 2.45) is 52.3 Å². The lowest BCUT2D eigenvalue weighted by atomic mass is 9.44. The zero-order chi connectivity index (χ0) is 41.9. The molecule has 4 aliphatic carbocycles. The summed E-state index contributed by atoms with van der Waals surface area (Å²) < 4.78 is 31.9. The maximum atomic E-state index is 12.8. The molecule has 0 radical (unpaired) electrons. The maximum absolute atomic E-state index is 12.8. The Kier molecular flexibility index (Phi) is 17.3. The minimum absolute atomic E-state index is 0.154. The highest BCUT2D eigenvalue weighted by Gasteiger charge is 2.61. The molecule has 0 aromatic carbocycles. The highest BCUT2D eigenvalue weighted by Crippen LogP contribution is 2.67. The molecule has 4 rings (SSSR count). The summed E-state index contributed by atoms with van der Waals surface area (Å²) in [6.45, 7) is 14.0. The Bertz CT molecular complexity index is 1380. The van der Waals surface area contributed by atoms with E-state index in [0.717, 1.165) is 77.0 Å². The Hall–Kier alpha value is -3.18. The first-order chi connectivity index (χ1) is 26.9. The average molecular weight is 805 g/mol. The van der Waals surface area contributed by atoms with Crippen LogP contribution in [0.3, 0.4) is 0 Å². The third kappa shape index (κ3) is 12.7. The standard InChI is InChI=1S/C45H72O12/c1-28(15-13-11-9-10-12-14-16-29(2)42(50)56-36(26-52-31(4)47)27-53-32(5)48)41(49)54-33(6)55-43(51)57-35-21-23-44(7)34(25-35)17-18-37-39-20-19-38(30(3)46)45(39,8)24-22-40(37)44/h28-29,33-40H,9-27H2,1-8H3/t28?,29?,33?,34-,35+,37-,38+,39-,40-,44-,45+/m0/s1. The highest BCUT2D eigenvalue weighted by molar-refractivity contribution is 5.79. The predicted molar refractivity (Wildman–Crippen MR) is 211 cm³/mol. The summed E-state index contributed by atoms with van der Waals surface area (Å²) in [7, 11) is 0. The smallest absolute Gasteiger partial charge is 0.462 e. The molecular formula is C45H72O12. The number of esters is 4. The van der Waals surface area contributed by atoms with E-state index in [1.54, 1.807) is 20.8 Å². The first kappa shape index (κ1) is 46.5. The molecule has 0 amide bonds. The van der Waals surface area contributed by atoms with Crippen molar-refractivity contribution in [2.45, 2.75) is 183 Å². The van der Waals surface area contributed by atoms with Crippen molar-refractivity contribution in [3.05, 3.63) is 0 Å². The third-order valence-electron chi connectivity index (χ3n) is 14.5. The van der Waals surface area contributed by atoms with Crippen LogP contribution in [0, 0.1) is 52.3 Å². The number of unbranched alkanes of at least 4 members (excludes halogenated alkanes) is 5. The van der Waals surface area contributed by atoms with Crippen LogP contribution in [-0.4, -0.2) is 67.5 Å². The molecule has 0 heterocycles. The molecule has 0 bridgehead atoms. The van der Waals surface area contributed by atoms with Crippen molar-refractivity contribution in [1.82, 2.24) is 0 Å². The summed E-state index contributed by atoms with van der Waals surface area (Å²) in [5.74, 6) is 0.561. The van der Waals surface area contributed by atoms with E-state index >= 15 is 0 Å². The largest absolute Gasteiger partial charge is 0.511 e. The van der Waals surface area contributed by atoms with Crippen LogP contribution in [0.5, 0.6) is 0 Å². The SMILES string of the molecule is CC(=O)OCC(COC(C)=O)OC(=O)C(C)CCCCCCCCC(C)C(=O)OC(C)OC(=O)O[C@@H]1CC[C@@]2(C)[C@@H](CC[C@@H]3[C@@H]2CC[C@]2(C)[C@@H](C(C)=O)CC[C@@H]32)C1. The van der Waals surface area contributed by atoms with Crippen LogP contribution < -0.4 is 0 Å². The van der Waals surface area contributed by atoms with Crippen molar-refractivity contribution >= 4 is 35.8 Å². The van der Waals surface area contributed by atoms with Crippen molar-refractivity contribution < 1.29 is 57.2 Å². The van der Waals surface area contributed by atoms with Crippen molar-refractivity contribution in [2.75, 3.05) is 13.2 Å². The molecule has 57 heavy (non-hydrogen) atoms. The minimum atomic E-state index is -1.04. The van der Waals surface area contributed by atoms with E-state index in [0.29, 0.717) is 42.3 Å². The zero-order valence-corrected chi connectivity index (χ0v) is 36.1. The molecule has 3 unspecified atom stereocenters. The number of hydrogen-bond donors (Lipinski definition) is 0. The predicted octanol–water partition coefficient (Wildman–Crippen LogP) is 9.08. The van der Waals surface area contributed by atoms with Crippen LogP contribution in [0.2, 0.25) is 0 Å². The molecular weight excluding hydrogens is 732 g/mol. The number of fused-ring (bicyclic) bond motifs is 5. The normalized spacial score (nSPS) is 30.7. The molecule has 12 heteroatoms. The second kappa shape index (κ2) is 21.2. The van der Waals surface area contributed by atoms with Crippen LogP contribution in [0.1, 0.15) is 165 Å². The quantitative estimate of drug-likeness (QED) is 0.0498. The molecule has 4 saturated carbocycles. The Morgan fingerprint density at radius 1 is 0.614 bits per heavy atom. The van der Waals surface area contributed by atoms with Gasteiger partial charge in [0.25, 0.3) is 0 Å². The lowest BCUT2D eigenvalue weighted by Crippen LogP contribution is -2.54. The molecule has 12 nitrogen and oxygen atoms in total. The fourth-order valence-electron chi connectivity index (χ4n) is 11.3. The monoisotopic (exact) mass is 805 g/mol. The topological polar surface area (TPSA) is 158 Å². The van der Waals surface area contributed by atoms with Crippen LogP contribution in [0.4, 0.5) is 4.79 Å². The van der Waals surface area contributed by atoms with Gasteiger partial charge in [0, 0.05) is 26.7 Å². The molecule has 0 aliphatic heterocycles. The van der Waals surface area contributed by atoms with Gasteiger partial charge in [-0.3, -0.25) is 24.0 Å². The molecule has 0 N–H and O–H groups in total. The average Bonchev–Trinajstić information content (AvgIpc) is 3.51. The third-order valence-corrected chi connectivity index (χ3v) is 14.5. The summed E-state index contributed by atoms with van der Waals surface area (Å²) in [4.78, 5) is 72.8. The van der Waals surface area contributed by atoms with Crippen LogP contribution in [0.25, 0.3) is 0 Å². The molecule has 0 saturated heterocycles. The number of rotatable bonds is 20. The Morgan fingerprint density at radius 2 is 1.16 bits per heavy atom. The molecule has 0 spiro atoms. The fraction of sp³-hybridized carbons (Fsp3) is 0.867. The summed E-state index contributed by atoms with van der Waals surface area (Å²) in [6.07, 6.45) is 13.7. The molecule has 11 atom stereocenters. The number of ether oxygens (including phenoxy) is 6. The van der Waals surface area contributed by atoms with E-state index in [2.05, 4.69) is 13.8 Å². The van der Waals surface area contributed by atoms with Gasteiger partial charge in [-0.15, -0.1) is 0 Å². The molecule has 0 aromatic rings. The van der Waals surface area contributed by atoms with Gasteiger partial charge in [-0.2, -0.15) is 0 Å². The van der Waals surface area contributed by atoms with Gasteiger partial charge in [0.2, 0.25) is 6.29 Å². The van der Waals surface area contributed by atoms with Gasteiger partial charge < -0.3 is 28.4 Å².